The van der Waals surface area contributed by atoms with Gasteiger partial charge in [0.25, 0.3) is 17.7 Å². The number of carbonyl (C=O) groups excluding carboxylic acids is 5. The van der Waals surface area contributed by atoms with Crippen molar-refractivity contribution in [2.45, 2.75) is 63.6 Å². The predicted octanol–water partition coefficient (Wildman–Crippen LogP) is 3.89. The number of nitrogens with zero attached hydrogens (tertiary/aromatic N) is 6. The van der Waals surface area contributed by atoms with Gasteiger partial charge >= 0.3 is 0 Å². The summed E-state index contributed by atoms with van der Waals surface area (Å²) in [7, 11) is 4.29. The molecule has 3 aromatic rings. The Labute approximate surface area is 351 Å². The van der Waals surface area contributed by atoms with Crippen LogP contribution in [-0.4, -0.2) is 146 Å². The van der Waals surface area contributed by atoms with Crippen LogP contribution in [0.3, 0.4) is 0 Å². The van der Waals surface area contributed by atoms with Crippen molar-refractivity contribution in [2.75, 3.05) is 84.5 Å². The topological polar surface area (TPSA) is 126 Å². The number of benzene rings is 3. The van der Waals surface area contributed by atoms with Crippen LogP contribution in [0.25, 0.3) is 0 Å². The molecule has 5 aliphatic rings. The highest BCUT2D eigenvalue weighted by atomic mass is 19.1. The van der Waals surface area contributed by atoms with E-state index in [9.17, 15) is 28.4 Å². The Morgan fingerprint density at radius 1 is 0.850 bits per heavy atom. The van der Waals surface area contributed by atoms with E-state index >= 15 is 0 Å². The summed E-state index contributed by atoms with van der Waals surface area (Å²) in [4.78, 5) is 75.7. The van der Waals surface area contributed by atoms with Crippen molar-refractivity contribution in [3.05, 3.63) is 94.3 Å². The quantitative estimate of drug-likeness (QED) is 0.269. The molecule has 13 nitrogen and oxygen atoms in total. The van der Waals surface area contributed by atoms with Crippen LogP contribution in [0, 0.1) is 18.7 Å². The number of nitrogens with one attached hydrogen (secondary N) is 1. The molecule has 60 heavy (non-hydrogen) atoms. The molecule has 0 aromatic heterocycles. The van der Waals surface area contributed by atoms with Gasteiger partial charge in [-0.2, -0.15) is 0 Å². The van der Waals surface area contributed by atoms with Gasteiger partial charge in [0.1, 0.15) is 17.6 Å². The van der Waals surface area contributed by atoms with Crippen molar-refractivity contribution >= 4 is 35.2 Å². The smallest absolute Gasteiger partial charge is 0.262 e. The zero-order valence-electron chi connectivity index (χ0n) is 34.9. The first kappa shape index (κ1) is 41.5. The van der Waals surface area contributed by atoms with Gasteiger partial charge in [-0.15, -0.1) is 0 Å². The predicted molar refractivity (Wildman–Crippen MR) is 224 cm³/mol. The molecule has 0 aliphatic carbocycles. The van der Waals surface area contributed by atoms with Crippen LogP contribution in [0.15, 0.2) is 60.7 Å². The lowest BCUT2D eigenvalue weighted by Gasteiger charge is -2.38. The molecule has 1 N–H and O–H groups in total. The highest BCUT2D eigenvalue weighted by Crippen LogP contribution is 2.34. The number of ether oxygens (including phenoxy) is 1. The summed E-state index contributed by atoms with van der Waals surface area (Å²) >= 11 is 0. The molecular weight excluding hydrogens is 766 g/mol. The van der Waals surface area contributed by atoms with Crippen molar-refractivity contribution in [2.24, 2.45) is 5.92 Å². The molecule has 4 fully saturated rings. The number of halogens is 1. The number of likely N-dealkylation sites (tertiary alicyclic amines) is 2. The molecule has 14 heteroatoms. The minimum absolute atomic E-state index is 0.0493. The Morgan fingerprint density at radius 3 is 2.28 bits per heavy atom. The number of anilines is 1. The Balaban J connectivity index is 0.747. The Hall–Kier alpha value is -5.18. The number of piperazine rings is 1. The van der Waals surface area contributed by atoms with E-state index < -0.39 is 29.7 Å². The van der Waals surface area contributed by atoms with E-state index in [4.69, 9.17) is 4.74 Å². The maximum absolute atomic E-state index is 14.7. The van der Waals surface area contributed by atoms with Crippen molar-refractivity contribution in [3.8, 4) is 5.75 Å². The van der Waals surface area contributed by atoms with Crippen molar-refractivity contribution in [3.63, 3.8) is 0 Å². The fourth-order valence-corrected chi connectivity index (χ4v) is 9.71. The number of amides is 5. The Morgan fingerprint density at radius 2 is 1.58 bits per heavy atom. The molecule has 5 aliphatic heterocycles. The zero-order valence-corrected chi connectivity index (χ0v) is 34.9. The summed E-state index contributed by atoms with van der Waals surface area (Å²) in [6.07, 6.45) is 3.12. The summed E-state index contributed by atoms with van der Waals surface area (Å²) < 4.78 is 20.4. The first-order chi connectivity index (χ1) is 28.9. The van der Waals surface area contributed by atoms with Crippen LogP contribution in [0.4, 0.5) is 10.1 Å². The Bertz CT molecular complexity index is 2090. The van der Waals surface area contributed by atoms with Crippen LogP contribution < -0.4 is 15.0 Å². The van der Waals surface area contributed by atoms with Gasteiger partial charge in [-0.3, -0.25) is 44.0 Å². The normalized spacial score (nSPS) is 23.1. The highest BCUT2D eigenvalue weighted by Gasteiger charge is 2.45. The fraction of sp³-hybridized carbons (Fsp3) is 0.500. The summed E-state index contributed by atoms with van der Waals surface area (Å²) in [5.41, 5.74) is 4.68. The van der Waals surface area contributed by atoms with Crippen molar-refractivity contribution < 1.29 is 33.1 Å². The number of rotatable bonds is 12. The minimum atomic E-state index is -1.04. The van der Waals surface area contributed by atoms with E-state index in [1.807, 2.05) is 17.9 Å². The molecule has 5 heterocycles. The second-order valence-corrected chi connectivity index (χ2v) is 17.3. The molecule has 0 radical (unpaired) electrons. The number of aryl methyl sites for hydroxylation is 1. The lowest BCUT2D eigenvalue weighted by atomic mass is 9.93. The SMILES string of the molecule is Cc1cccc(F)c1CN1C[C@H](c2ccc(N3CCN(CCC4CCN(C(=O)COc5ccc6c(c5)C(=O)N(C5CCC(=O)NC5=O)C6=O)CC4)CC3)cc2)[C@@H](N(C)C)C1. The average molecular weight is 822 g/mol. The third-order valence-electron chi connectivity index (χ3n) is 13.4. The summed E-state index contributed by atoms with van der Waals surface area (Å²) in [5, 5.41) is 2.20. The van der Waals surface area contributed by atoms with Gasteiger partial charge in [0.15, 0.2) is 6.61 Å². The molecule has 0 saturated carbocycles. The molecule has 5 amide bonds. The molecule has 4 saturated heterocycles. The third-order valence-corrected chi connectivity index (χ3v) is 13.4. The van der Waals surface area contributed by atoms with Crippen molar-refractivity contribution in [1.82, 2.24) is 29.8 Å². The lowest BCUT2D eigenvalue weighted by molar-refractivity contribution is -0.136. The molecular formula is C46H56FN7O6. The minimum Gasteiger partial charge on any atom is -0.484 e. The second kappa shape index (κ2) is 17.8. The van der Waals surface area contributed by atoms with E-state index in [1.165, 1.54) is 23.4 Å². The molecule has 0 spiro atoms. The van der Waals surface area contributed by atoms with E-state index in [0.29, 0.717) is 43.3 Å². The van der Waals surface area contributed by atoms with E-state index in [2.05, 4.69) is 63.3 Å². The van der Waals surface area contributed by atoms with Gasteiger partial charge in [-0.1, -0.05) is 24.3 Å². The first-order valence-electron chi connectivity index (χ1n) is 21.4. The van der Waals surface area contributed by atoms with Gasteiger partial charge in [-0.25, -0.2) is 4.39 Å². The van der Waals surface area contributed by atoms with Crippen LogP contribution in [0.2, 0.25) is 0 Å². The maximum atomic E-state index is 14.7. The number of hydrogen-bond acceptors (Lipinski definition) is 10. The summed E-state index contributed by atoms with van der Waals surface area (Å²) in [5.74, 6) is -1.32. The van der Waals surface area contributed by atoms with E-state index in [0.717, 1.165) is 81.1 Å². The number of carbonyl (C=O) groups is 5. The number of likely N-dealkylation sites (N-methyl/N-ethyl adjacent to an activating group) is 1. The fourth-order valence-electron chi connectivity index (χ4n) is 9.71. The van der Waals surface area contributed by atoms with E-state index in [-0.39, 0.29) is 42.3 Å². The van der Waals surface area contributed by atoms with E-state index in [1.54, 1.807) is 18.2 Å². The number of piperidine rings is 2. The molecule has 3 atom stereocenters. The van der Waals surface area contributed by atoms with Gasteiger partial charge < -0.3 is 19.4 Å². The summed E-state index contributed by atoms with van der Waals surface area (Å²) in [6, 6.07) is 18.3. The monoisotopic (exact) mass is 821 g/mol. The van der Waals surface area contributed by atoms with Gasteiger partial charge in [0, 0.05) is 88.5 Å². The van der Waals surface area contributed by atoms with Crippen LogP contribution in [0.5, 0.6) is 5.75 Å². The average Bonchev–Trinajstić information content (AvgIpc) is 3.79. The third kappa shape index (κ3) is 8.82. The molecule has 8 rings (SSSR count). The lowest BCUT2D eigenvalue weighted by Crippen LogP contribution is -2.54. The molecule has 3 aromatic carbocycles. The zero-order chi connectivity index (χ0) is 42.1. The first-order valence-corrected chi connectivity index (χ1v) is 21.4. The second-order valence-electron chi connectivity index (χ2n) is 17.3. The van der Waals surface area contributed by atoms with Gasteiger partial charge in [-0.05, 0) is 107 Å². The number of imide groups is 2. The van der Waals surface area contributed by atoms with Crippen LogP contribution in [0.1, 0.15) is 75.4 Å². The molecule has 1 unspecified atom stereocenters. The number of hydrogen-bond donors (Lipinski definition) is 1. The van der Waals surface area contributed by atoms with Crippen LogP contribution in [-0.2, 0) is 20.9 Å². The standard InChI is InChI=1S/C46H56FN7O6/c1-30-5-4-6-39(47)37(30)26-51-27-38(41(28-51)49(2)3)32-7-9-33(10-8-32)52-23-21-50(22-24-52)18-15-31-16-19-53(20-17-31)43(56)29-60-34-11-12-35-36(25-34)46(59)54(45(35)58)40-13-14-42(55)48-44(40)57/h4-12,25,31,38,40-41H,13-24,26-29H2,1-3H3,(H,48,55,57)/t38-,40?,41+/m1/s1. The largest absolute Gasteiger partial charge is 0.484 e. The summed E-state index contributed by atoms with van der Waals surface area (Å²) in [6.45, 7) is 10.7. The Kier molecular flexibility index (Phi) is 12.3. The molecule has 318 valence electrons. The van der Waals surface area contributed by atoms with Crippen molar-refractivity contribution in [1.29, 1.82) is 0 Å². The van der Waals surface area contributed by atoms with Gasteiger partial charge in [0.05, 0.1) is 11.1 Å². The van der Waals surface area contributed by atoms with Gasteiger partial charge in [0.2, 0.25) is 11.8 Å². The van der Waals surface area contributed by atoms with Crippen LogP contribution >= 0.6 is 0 Å². The highest BCUT2D eigenvalue weighted by molar-refractivity contribution is 6.23. The molecule has 0 bridgehead atoms. The number of fused-ring (bicyclic) bond motifs is 1. The maximum Gasteiger partial charge on any atom is 0.262 e.